The molecule has 0 aliphatic carbocycles. The number of unbranched alkanes of at least 4 members (excludes halogenated alkanes) is 2. The van der Waals surface area contributed by atoms with Gasteiger partial charge >= 0.3 is 0 Å². The number of carbonyl (C=O) groups excluding carboxylic acids is 1. The number of Topliss-reactive ketones (excluding diaryl/α,β-unsaturated/α-hetero) is 1. The molecule has 0 saturated carbocycles. The molecule has 0 saturated heterocycles. The summed E-state index contributed by atoms with van der Waals surface area (Å²) >= 11 is 0. The Morgan fingerprint density at radius 3 is 2.39 bits per heavy atom. The molecule has 0 aliphatic heterocycles. The molecule has 0 aromatic heterocycles. The zero-order chi connectivity index (χ0) is 13.4. The Morgan fingerprint density at radius 2 is 1.83 bits per heavy atom. The second-order valence-electron chi connectivity index (χ2n) is 4.53. The van der Waals surface area contributed by atoms with Gasteiger partial charge in [-0.1, -0.05) is 6.92 Å². The molecule has 18 heavy (non-hydrogen) atoms. The van der Waals surface area contributed by atoms with Gasteiger partial charge in [0.05, 0.1) is 0 Å². The molecule has 100 valence electrons. The number of benzene rings is 1. The van der Waals surface area contributed by atoms with E-state index in [0.717, 1.165) is 37.1 Å². The van der Waals surface area contributed by atoms with Crippen LogP contribution >= 0.6 is 0 Å². The molecule has 0 bridgehead atoms. The SMILES string of the molecule is CCC(=O)c1ccc(N(C)CCCCCO)cc1. The Kier molecular flexibility index (Phi) is 6.44. The van der Waals surface area contributed by atoms with E-state index in [1.54, 1.807) is 0 Å². The molecule has 1 aromatic carbocycles. The maximum atomic E-state index is 11.5. The van der Waals surface area contributed by atoms with Crippen LogP contribution in [0.4, 0.5) is 5.69 Å². The summed E-state index contributed by atoms with van der Waals surface area (Å²) in [5, 5.41) is 8.71. The second-order valence-corrected chi connectivity index (χ2v) is 4.53. The highest BCUT2D eigenvalue weighted by Crippen LogP contribution is 2.15. The summed E-state index contributed by atoms with van der Waals surface area (Å²) < 4.78 is 0. The smallest absolute Gasteiger partial charge is 0.162 e. The van der Waals surface area contributed by atoms with Gasteiger partial charge in [0.1, 0.15) is 0 Å². The minimum Gasteiger partial charge on any atom is -0.396 e. The number of hydrogen-bond donors (Lipinski definition) is 1. The quantitative estimate of drug-likeness (QED) is 0.569. The first-order valence-corrected chi connectivity index (χ1v) is 6.64. The van der Waals surface area contributed by atoms with Crippen LogP contribution in [0.2, 0.25) is 0 Å². The first kappa shape index (κ1) is 14.7. The Morgan fingerprint density at radius 1 is 1.17 bits per heavy atom. The van der Waals surface area contributed by atoms with Crippen molar-refractivity contribution in [2.24, 2.45) is 0 Å². The third-order valence-electron chi connectivity index (χ3n) is 3.10. The summed E-state index contributed by atoms with van der Waals surface area (Å²) in [7, 11) is 2.05. The fraction of sp³-hybridized carbons (Fsp3) is 0.533. The minimum atomic E-state index is 0.187. The summed E-state index contributed by atoms with van der Waals surface area (Å²) in [5.41, 5.74) is 1.92. The molecule has 0 unspecified atom stereocenters. The van der Waals surface area contributed by atoms with Gasteiger partial charge in [-0.05, 0) is 43.5 Å². The molecule has 0 heterocycles. The lowest BCUT2D eigenvalue weighted by Gasteiger charge is -2.19. The average Bonchev–Trinajstić information content (AvgIpc) is 2.42. The van der Waals surface area contributed by atoms with Crippen LogP contribution in [0.5, 0.6) is 0 Å². The largest absolute Gasteiger partial charge is 0.396 e. The van der Waals surface area contributed by atoms with Crippen molar-refractivity contribution in [3.8, 4) is 0 Å². The highest BCUT2D eigenvalue weighted by molar-refractivity contribution is 5.96. The summed E-state index contributed by atoms with van der Waals surface area (Å²) in [4.78, 5) is 13.7. The molecule has 3 nitrogen and oxygen atoms in total. The van der Waals surface area contributed by atoms with Crippen LogP contribution in [-0.4, -0.2) is 31.1 Å². The van der Waals surface area contributed by atoms with Crippen molar-refractivity contribution in [1.29, 1.82) is 0 Å². The van der Waals surface area contributed by atoms with Crippen LogP contribution < -0.4 is 4.90 Å². The first-order chi connectivity index (χ1) is 8.69. The highest BCUT2D eigenvalue weighted by atomic mass is 16.2. The van der Waals surface area contributed by atoms with Gasteiger partial charge in [-0.15, -0.1) is 0 Å². The molecule has 0 radical (unpaired) electrons. The van der Waals surface area contributed by atoms with E-state index in [4.69, 9.17) is 5.11 Å². The standard InChI is InChI=1S/C15H23NO2/c1-3-15(18)13-7-9-14(10-8-13)16(2)11-5-4-6-12-17/h7-10,17H,3-6,11-12H2,1-2H3. The normalized spacial score (nSPS) is 10.4. The number of hydrogen-bond acceptors (Lipinski definition) is 3. The zero-order valence-corrected chi connectivity index (χ0v) is 11.4. The van der Waals surface area contributed by atoms with Gasteiger partial charge in [-0.2, -0.15) is 0 Å². The lowest BCUT2D eigenvalue weighted by molar-refractivity contribution is 0.0988. The topological polar surface area (TPSA) is 40.5 Å². The maximum absolute atomic E-state index is 11.5. The predicted octanol–water partition coefficient (Wildman–Crippen LogP) is 2.88. The van der Waals surface area contributed by atoms with Crippen molar-refractivity contribution in [1.82, 2.24) is 0 Å². The molecule has 0 aliphatic rings. The van der Waals surface area contributed by atoms with Gasteiger partial charge in [0.15, 0.2) is 5.78 Å². The maximum Gasteiger partial charge on any atom is 0.162 e. The third kappa shape index (κ3) is 4.49. The van der Waals surface area contributed by atoms with Crippen LogP contribution in [0.3, 0.4) is 0 Å². The van der Waals surface area contributed by atoms with E-state index in [1.807, 2.05) is 31.2 Å². The van der Waals surface area contributed by atoms with E-state index in [-0.39, 0.29) is 12.4 Å². The molecule has 1 aromatic rings. The number of anilines is 1. The van der Waals surface area contributed by atoms with Crippen molar-refractivity contribution >= 4 is 11.5 Å². The first-order valence-electron chi connectivity index (χ1n) is 6.64. The van der Waals surface area contributed by atoms with Crippen LogP contribution in [0.15, 0.2) is 24.3 Å². The van der Waals surface area contributed by atoms with Crippen molar-refractivity contribution < 1.29 is 9.90 Å². The van der Waals surface area contributed by atoms with E-state index in [2.05, 4.69) is 11.9 Å². The van der Waals surface area contributed by atoms with Crippen molar-refractivity contribution in [2.45, 2.75) is 32.6 Å². The van der Waals surface area contributed by atoms with Crippen molar-refractivity contribution in [3.05, 3.63) is 29.8 Å². The van der Waals surface area contributed by atoms with Gasteiger partial charge in [0, 0.05) is 37.9 Å². The number of carbonyl (C=O) groups is 1. The fourth-order valence-electron chi connectivity index (χ4n) is 1.87. The zero-order valence-electron chi connectivity index (χ0n) is 11.4. The second kappa shape index (κ2) is 7.88. The Hall–Kier alpha value is -1.35. The van der Waals surface area contributed by atoms with Crippen molar-refractivity contribution in [3.63, 3.8) is 0 Å². The molecule has 1 rings (SSSR count). The van der Waals surface area contributed by atoms with Gasteiger partial charge in [-0.25, -0.2) is 0 Å². The predicted molar refractivity (Wildman–Crippen MR) is 75.3 cm³/mol. The molecular formula is C15H23NO2. The van der Waals surface area contributed by atoms with Gasteiger partial charge in [0.25, 0.3) is 0 Å². The van der Waals surface area contributed by atoms with E-state index in [1.165, 1.54) is 0 Å². The van der Waals surface area contributed by atoms with Crippen LogP contribution in [0.1, 0.15) is 43.0 Å². The molecule has 0 amide bonds. The summed E-state index contributed by atoms with van der Waals surface area (Å²) in [5.74, 6) is 0.187. The third-order valence-corrected chi connectivity index (χ3v) is 3.10. The Bertz CT molecular complexity index is 359. The Balaban J connectivity index is 2.48. The van der Waals surface area contributed by atoms with Crippen LogP contribution in [-0.2, 0) is 0 Å². The Labute approximate surface area is 109 Å². The fourth-order valence-corrected chi connectivity index (χ4v) is 1.87. The molecule has 0 spiro atoms. The summed E-state index contributed by atoms with van der Waals surface area (Å²) in [6.45, 7) is 3.13. The summed E-state index contributed by atoms with van der Waals surface area (Å²) in [6, 6.07) is 7.78. The molecular weight excluding hydrogens is 226 g/mol. The average molecular weight is 249 g/mol. The van der Waals surface area contributed by atoms with E-state index >= 15 is 0 Å². The minimum absolute atomic E-state index is 0.187. The molecule has 0 fully saturated rings. The van der Waals surface area contributed by atoms with E-state index in [9.17, 15) is 4.79 Å². The molecule has 0 atom stereocenters. The number of aliphatic hydroxyl groups excluding tert-OH is 1. The van der Waals surface area contributed by atoms with E-state index < -0.39 is 0 Å². The van der Waals surface area contributed by atoms with Crippen LogP contribution in [0, 0.1) is 0 Å². The summed E-state index contributed by atoms with van der Waals surface area (Å²) in [6.07, 6.45) is 3.55. The molecule has 3 heteroatoms. The van der Waals surface area contributed by atoms with Crippen LogP contribution in [0.25, 0.3) is 0 Å². The van der Waals surface area contributed by atoms with E-state index in [0.29, 0.717) is 6.42 Å². The van der Waals surface area contributed by atoms with Gasteiger partial charge in [-0.3, -0.25) is 4.79 Å². The number of ketones is 1. The number of nitrogens with zero attached hydrogens (tertiary/aromatic N) is 1. The number of rotatable bonds is 8. The van der Waals surface area contributed by atoms with Crippen molar-refractivity contribution in [2.75, 3.05) is 25.1 Å². The lowest BCUT2D eigenvalue weighted by Crippen LogP contribution is -2.18. The molecule has 1 N–H and O–H groups in total. The van der Waals surface area contributed by atoms with Gasteiger partial charge in [0.2, 0.25) is 0 Å². The number of aliphatic hydroxyl groups is 1. The lowest BCUT2D eigenvalue weighted by atomic mass is 10.1. The highest BCUT2D eigenvalue weighted by Gasteiger charge is 2.04. The monoisotopic (exact) mass is 249 g/mol. The van der Waals surface area contributed by atoms with Gasteiger partial charge < -0.3 is 10.0 Å².